The lowest BCUT2D eigenvalue weighted by molar-refractivity contribution is 0.0172. The number of fused-ring (bicyclic) bond motifs is 1. The van der Waals surface area contributed by atoms with Crippen LogP contribution in [0.5, 0.6) is 0 Å². The van der Waals surface area contributed by atoms with Crippen molar-refractivity contribution in [3.8, 4) is 0 Å². The first-order valence-electron chi connectivity index (χ1n) is 10.3. The summed E-state index contributed by atoms with van der Waals surface area (Å²) in [6.45, 7) is 5.61. The molecule has 0 bridgehead atoms. The first kappa shape index (κ1) is 21.2. The second-order valence-electron chi connectivity index (χ2n) is 7.99. The second kappa shape index (κ2) is 8.63. The topological polar surface area (TPSA) is 61.9 Å². The predicted octanol–water partition coefficient (Wildman–Crippen LogP) is 2.48. The van der Waals surface area contributed by atoms with Crippen molar-refractivity contribution in [1.29, 1.82) is 0 Å². The van der Waals surface area contributed by atoms with Crippen LogP contribution in [0.15, 0.2) is 41.3 Å². The van der Waals surface area contributed by atoms with Crippen molar-refractivity contribution in [2.24, 2.45) is 0 Å². The van der Waals surface area contributed by atoms with E-state index in [-0.39, 0.29) is 17.5 Å². The lowest BCUT2D eigenvalue weighted by Gasteiger charge is -2.35. The molecular weight excluding hydrogens is 405 g/mol. The minimum Gasteiger partial charge on any atom is -0.379 e. The van der Waals surface area contributed by atoms with Crippen LogP contribution in [-0.4, -0.2) is 59.8 Å². The second-order valence-corrected chi connectivity index (χ2v) is 9.72. The zero-order chi connectivity index (χ0) is 21.3. The summed E-state index contributed by atoms with van der Waals surface area (Å²) in [7, 11) is -1.67. The molecule has 30 heavy (non-hydrogen) atoms. The van der Waals surface area contributed by atoms with Crippen LogP contribution in [0.3, 0.4) is 0 Å². The molecule has 4 rings (SSSR count). The number of hydrogen-bond acceptors (Lipinski definition) is 5. The molecule has 1 atom stereocenters. The lowest BCUT2D eigenvalue weighted by Crippen LogP contribution is -2.43. The minimum atomic E-state index is -3.75. The highest BCUT2D eigenvalue weighted by Gasteiger charge is 2.27. The van der Waals surface area contributed by atoms with E-state index in [0.29, 0.717) is 18.8 Å². The van der Waals surface area contributed by atoms with Crippen LogP contribution in [0.1, 0.15) is 22.7 Å². The third kappa shape index (κ3) is 4.37. The zero-order valence-corrected chi connectivity index (χ0v) is 18.2. The number of halogens is 1. The van der Waals surface area contributed by atoms with Crippen LogP contribution in [0.25, 0.3) is 0 Å². The van der Waals surface area contributed by atoms with E-state index in [4.69, 9.17) is 4.74 Å². The van der Waals surface area contributed by atoms with E-state index in [1.807, 2.05) is 0 Å². The minimum absolute atomic E-state index is 0.0966. The molecule has 0 unspecified atom stereocenters. The number of rotatable bonds is 6. The summed E-state index contributed by atoms with van der Waals surface area (Å²) >= 11 is 0. The molecule has 6 nitrogen and oxygen atoms in total. The number of nitrogens with one attached hydrogen (secondary N) is 1. The van der Waals surface area contributed by atoms with Crippen molar-refractivity contribution in [3.05, 3.63) is 58.9 Å². The molecule has 0 amide bonds. The summed E-state index contributed by atoms with van der Waals surface area (Å²) in [5.41, 5.74) is 4.03. The maximum atomic E-state index is 13.4. The van der Waals surface area contributed by atoms with Crippen LogP contribution < -0.4 is 9.62 Å². The van der Waals surface area contributed by atoms with Gasteiger partial charge in [0, 0.05) is 45.0 Å². The Balaban J connectivity index is 1.59. The molecule has 8 heteroatoms. The molecular formula is C22H28FN3O3S. The fourth-order valence-electron chi connectivity index (χ4n) is 4.32. The van der Waals surface area contributed by atoms with Crippen molar-refractivity contribution in [2.75, 3.05) is 51.3 Å². The van der Waals surface area contributed by atoms with E-state index in [2.05, 4.69) is 39.8 Å². The molecule has 0 spiro atoms. The van der Waals surface area contributed by atoms with Gasteiger partial charge in [0.05, 0.1) is 18.1 Å². The number of likely N-dealkylation sites (N-methyl/N-ethyl adjacent to an activating group) is 1. The van der Waals surface area contributed by atoms with E-state index < -0.39 is 15.8 Å². The number of hydrogen-bond donors (Lipinski definition) is 1. The summed E-state index contributed by atoms with van der Waals surface area (Å²) in [5.74, 6) is -0.444. The maximum absolute atomic E-state index is 13.4. The quantitative estimate of drug-likeness (QED) is 0.759. The Kier molecular flexibility index (Phi) is 6.11. The normalized spacial score (nSPS) is 18.4. The molecule has 1 N–H and O–H groups in total. The van der Waals surface area contributed by atoms with E-state index in [0.717, 1.165) is 31.6 Å². The third-order valence-corrected chi connectivity index (χ3v) is 7.58. The molecule has 162 valence electrons. The highest BCUT2D eigenvalue weighted by atomic mass is 32.2. The summed E-state index contributed by atoms with van der Waals surface area (Å²) in [4.78, 5) is 4.62. The van der Waals surface area contributed by atoms with Gasteiger partial charge in [0.25, 0.3) is 0 Å². The van der Waals surface area contributed by atoms with E-state index in [1.54, 1.807) is 6.92 Å². The Morgan fingerprint density at radius 2 is 1.90 bits per heavy atom. The molecule has 1 fully saturated rings. The molecule has 0 radical (unpaired) electrons. The van der Waals surface area contributed by atoms with Gasteiger partial charge in [-0.25, -0.2) is 17.5 Å². The third-order valence-electron chi connectivity index (χ3n) is 6.00. The number of ether oxygens (including phenoxy) is 1. The number of sulfonamides is 1. The van der Waals surface area contributed by atoms with Gasteiger partial charge >= 0.3 is 0 Å². The van der Waals surface area contributed by atoms with Crippen molar-refractivity contribution in [2.45, 2.75) is 24.3 Å². The Morgan fingerprint density at radius 3 is 2.63 bits per heavy atom. The summed E-state index contributed by atoms with van der Waals surface area (Å²) in [5, 5.41) is 0. The number of anilines is 1. The molecule has 2 aliphatic rings. The first-order valence-corrected chi connectivity index (χ1v) is 11.7. The SMILES string of the molecule is Cc1cc(F)ccc1S(=O)(=O)NC[C@@H](c1ccc2c(c1)CCN2C)N1CCOCC1. The van der Waals surface area contributed by atoms with Gasteiger partial charge in [-0.05, 0) is 54.3 Å². The van der Waals surface area contributed by atoms with Gasteiger partial charge in [-0.15, -0.1) is 0 Å². The molecule has 2 aromatic rings. The van der Waals surface area contributed by atoms with Gasteiger partial charge in [-0.1, -0.05) is 12.1 Å². The number of nitrogens with zero attached hydrogens (tertiary/aromatic N) is 2. The molecule has 2 aromatic carbocycles. The number of benzene rings is 2. The number of aryl methyl sites for hydroxylation is 1. The molecule has 1 saturated heterocycles. The fourth-order valence-corrected chi connectivity index (χ4v) is 5.58. The molecule has 0 aromatic heterocycles. The first-order chi connectivity index (χ1) is 14.3. The smallest absolute Gasteiger partial charge is 0.240 e. The van der Waals surface area contributed by atoms with E-state index >= 15 is 0 Å². The standard InChI is InChI=1S/C22H28FN3O3S/c1-16-13-19(23)4-6-22(16)30(27,28)24-15-21(26-9-11-29-12-10-26)17-3-5-20-18(14-17)7-8-25(20)2/h3-6,13-14,21,24H,7-12,15H2,1-2H3/t21-/m0/s1. The monoisotopic (exact) mass is 433 g/mol. The highest BCUT2D eigenvalue weighted by molar-refractivity contribution is 7.89. The van der Waals surface area contributed by atoms with Crippen molar-refractivity contribution < 1.29 is 17.5 Å². The average Bonchev–Trinajstić information content (AvgIpc) is 3.09. The largest absolute Gasteiger partial charge is 0.379 e. The van der Waals surface area contributed by atoms with Crippen LogP contribution in [0.2, 0.25) is 0 Å². The van der Waals surface area contributed by atoms with Gasteiger partial charge in [0.1, 0.15) is 5.82 Å². The van der Waals surface area contributed by atoms with Crippen molar-refractivity contribution >= 4 is 15.7 Å². The van der Waals surface area contributed by atoms with Crippen LogP contribution >= 0.6 is 0 Å². The highest BCUT2D eigenvalue weighted by Crippen LogP contribution is 2.31. The predicted molar refractivity (Wildman–Crippen MR) is 115 cm³/mol. The van der Waals surface area contributed by atoms with Crippen LogP contribution in [0.4, 0.5) is 10.1 Å². The molecule has 0 saturated carbocycles. The van der Waals surface area contributed by atoms with Crippen molar-refractivity contribution in [3.63, 3.8) is 0 Å². The van der Waals surface area contributed by atoms with Crippen LogP contribution in [-0.2, 0) is 21.2 Å². The molecule has 2 heterocycles. The summed E-state index contributed by atoms with van der Waals surface area (Å²) in [6.07, 6.45) is 0.996. The van der Waals surface area contributed by atoms with Gasteiger partial charge in [0.2, 0.25) is 10.0 Å². The maximum Gasteiger partial charge on any atom is 0.240 e. The average molecular weight is 434 g/mol. The number of morpholine rings is 1. The Morgan fingerprint density at radius 1 is 1.13 bits per heavy atom. The summed E-state index contributed by atoms with van der Waals surface area (Å²) in [6, 6.07) is 10.1. The van der Waals surface area contributed by atoms with Gasteiger partial charge in [0.15, 0.2) is 0 Å². The van der Waals surface area contributed by atoms with Gasteiger partial charge in [-0.3, -0.25) is 4.90 Å². The van der Waals surface area contributed by atoms with Crippen molar-refractivity contribution in [1.82, 2.24) is 9.62 Å². The summed E-state index contributed by atoms with van der Waals surface area (Å²) < 4.78 is 47.5. The van der Waals surface area contributed by atoms with Crippen LogP contribution in [0, 0.1) is 12.7 Å². The Hall–Kier alpha value is -2.00. The molecule has 0 aliphatic carbocycles. The molecule has 2 aliphatic heterocycles. The van der Waals surface area contributed by atoms with Gasteiger partial charge in [-0.2, -0.15) is 0 Å². The van der Waals surface area contributed by atoms with E-state index in [9.17, 15) is 12.8 Å². The van der Waals surface area contributed by atoms with Gasteiger partial charge < -0.3 is 9.64 Å². The van der Waals surface area contributed by atoms with E-state index in [1.165, 1.54) is 29.4 Å². The zero-order valence-electron chi connectivity index (χ0n) is 17.4. The Bertz CT molecular complexity index is 1020. The lowest BCUT2D eigenvalue weighted by atomic mass is 10.0. The fraction of sp³-hybridized carbons (Fsp3) is 0.455. The Labute approximate surface area is 177 Å².